The molecule has 0 bridgehead atoms. The predicted molar refractivity (Wildman–Crippen MR) is 118 cm³/mol. The zero-order chi connectivity index (χ0) is 20.9. The average molecular weight is 435 g/mol. The number of unbranched alkanes of at least 4 members (excludes halogenated alkanes) is 2. The van der Waals surface area contributed by atoms with E-state index in [-0.39, 0.29) is 11.8 Å². The molecule has 7 heteroatoms. The van der Waals surface area contributed by atoms with Gasteiger partial charge in [-0.25, -0.2) is 13.4 Å². The Balaban J connectivity index is 1.67. The molecule has 1 saturated heterocycles. The van der Waals surface area contributed by atoms with Crippen LogP contribution in [-0.4, -0.2) is 36.1 Å². The van der Waals surface area contributed by atoms with Crippen LogP contribution in [0.15, 0.2) is 34.5 Å². The van der Waals surface area contributed by atoms with Gasteiger partial charge in [0.05, 0.1) is 17.0 Å². The Kier molecular flexibility index (Phi) is 7.60. The first-order valence-corrected chi connectivity index (χ1v) is 12.8. The summed E-state index contributed by atoms with van der Waals surface area (Å²) in [7, 11) is -3.46. The van der Waals surface area contributed by atoms with Crippen LogP contribution in [0.3, 0.4) is 0 Å². The predicted octanol–water partition coefficient (Wildman–Crippen LogP) is 5.07. The largest absolute Gasteiger partial charge is 0.299 e. The number of carbonyl (C=O) groups is 1. The molecule has 3 rings (SSSR count). The molecule has 0 radical (unpaired) electrons. The fourth-order valence-electron chi connectivity index (χ4n) is 3.72. The summed E-state index contributed by atoms with van der Waals surface area (Å²) in [6.45, 7) is 4.69. The molecule has 1 fully saturated rings. The summed E-state index contributed by atoms with van der Waals surface area (Å²) < 4.78 is 27.5. The van der Waals surface area contributed by atoms with Gasteiger partial charge in [-0.2, -0.15) is 4.31 Å². The van der Waals surface area contributed by atoms with E-state index in [9.17, 15) is 13.2 Å². The number of thiazole rings is 1. The molecule has 29 heavy (non-hydrogen) atoms. The van der Waals surface area contributed by atoms with Crippen LogP contribution in [0.4, 0.5) is 0 Å². The van der Waals surface area contributed by atoms with Crippen LogP contribution in [0, 0.1) is 0 Å². The summed E-state index contributed by atoms with van der Waals surface area (Å²) in [6.07, 6.45) is 7.05. The second-order valence-electron chi connectivity index (χ2n) is 7.78. The first-order chi connectivity index (χ1) is 13.9. The van der Waals surface area contributed by atoms with Crippen molar-refractivity contribution in [3.8, 4) is 11.3 Å². The third-order valence-electron chi connectivity index (χ3n) is 5.46. The quantitative estimate of drug-likeness (QED) is 0.517. The van der Waals surface area contributed by atoms with Crippen LogP contribution in [0.1, 0.15) is 63.8 Å². The highest BCUT2D eigenvalue weighted by Gasteiger charge is 2.30. The molecule has 1 aliphatic heterocycles. The van der Waals surface area contributed by atoms with Crippen LogP contribution >= 0.6 is 11.3 Å². The summed E-state index contributed by atoms with van der Waals surface area (Å²) in [5.74, 6) is 0.233. The lowest BCUT2D eigenvalue weighted by Gasteiger charge is -2.32. The Hall–Kier alpha value is -1.57. The zero-order valence-electron chi connectivity index (χ0n) is 17.3. The van der Waals surface area contributed by atoms with E-state index in [1.807, 2.05) is 24.4 Å². The van der Waals surface area contributed by atoms with Gasteiger partial charge in [0.15, 0.2) is 0 Å². The van der Waals surface area contributed by atoms with Crippen molar-refractivity contribution in [3.63, 3.8) is 0 Å². The molecule has 1 aromatic heterocycles. The summed E-state index contributed by atoms with van der Waals surface area (Å²) in [6, 6.07) is 7.00. The summed E-state index contributed by atoms with van der Waals surface area (Å²) in [4.78, 5) is 17.0. The molecule has 158 valence electrons. The van der Waals surface area contributed by atoms with Crippen LogP contribution in [-0.2, 0) is 21.2 Å². The molecule has 0 amide bonds. The van der Waals surface area contributed by atoms with Gasteiger partial charge in [0, 0.05) is 30.0 Å². The summed E-state index contributed by atoms with van der Waals surface area (Å²) >= 11 is 1.49. The number of hydrogen-bond donors (Lipinski definition) is 0. The van der Waals surface area contributed by atoms with Crippen LogP contribution < -0.4 is 0 Å². The lowest BCUT2D eigenvalue weighted by Crippen LogP contribution is -2.41. The number of nitrogens with zero attached hydrogens (tertiary/aromatic N) is 2. The smallest absolute Gasteiger partial charge is 0.243 e. The van der Waals surface area contributed by atoms with E-state index in [2.05, 4.69) is 11.9 Å². The fraction of sp³-hybridized carbons (Fsp3) is 0.545. The molecule has 0 aliphatic carbocycles. The number of piperidine rings is 1. The van der Waals surface area contributed by atoms with E-state index in [0.717, 1.165) is 54.8 Å². The summed E-state index contributed by atoms with van der Waals surface area (Å²) in [5.41, 5.74) is 1.67. The van der Waals surface area contributed by atoms with Gasteiger partial charge < -0.3 is 0 Å². The van der Waals surface area contributed by atoms with Gasteiger partial charge >= 0.3 is 0 Å². The molecule has 0 spiro atoms. The highest BCUT2D eigenvalue weighted by molar-refractivity contribution is 7.89. The number of aromatic nitrogens is 1. The number of rotatable bonds is 9. The lowest BCUT2D eigenvalue weighted by molar-refractivity contribution is -0.118. The Morgan fingerprint density at radius 1 is 1.21 bits per heavy atom. The minimum absolute atomic E-state index is 0.0457. The van der Waals surface area contributed by atoms with Gasteiger partial charge in [0.25, 0.3) is 0 Å². The van der Waals surface area contributed by atoms with Gasteiger partial charge in [0.2, 0.25) is 10.0 Å². The lowest BCUT2D eigenvalue weighted by atomic mass is 10.1. The van der Waals surface area contributed by atoms with Gasteiger partial charge in [-0.3, -0.25) is 4.79 Å². The van der Waals surface area contributed by atoms with Crippen molar-refractivity contribution in [2.75, 3.05) is 6.54 Å². The second kappa shape index (κ2) is 9.96. The highest BCUT2D eigenvalue weighted by Crippen LogP contribution is 2.28. The maximum absolute atomic E-state index is 13.0. The number of hydrogen-bond acceptors (Lipinski definition) is 5. The zero-order valence-corrected chi connectivity index (χ0v) is 18.9. The molecular weight excluding hydrogens is 404 g/mol. The van der Waals surface area contributed by atoms with Crippen LogP contribution in [0.5, 0.6) is 0 Å². The van der Waals surface area contributed by atoms with E-state index >= 15 is 0 Å². The SMILES string of the molecule is CCCCCC(=O)Cc1nc(-c2ccc(S(=O)(=O)N3CCCCC3C)cc2)cs1. The van der Waals surface area contributed by atoms with Crippen molar-refractivity contribution in [2.45, 2.75) is 76.2 Å². The van der Waals surface area contributed by atoms with E-state index < -0.39 is 10.0 Å². The Bertz CT molecular complexity index is 920. The second-order valence-corrected chi connectivity index (χ2v) is 10.6. The first-order valence-electron chi connectivity index (χ1n) is 10.5. The third-order valence-corrected chi connectivity index (χ3v) is 8.33. The third kappa shape index (κ3) is 5.53. The van der Waals surface area contributed by atoms with E-state index in [0.29, 0.717) is 24.3 Å². The van der Waals surface area contributed by atoms with E-state index in [1.165, 1.54) is 11.3 Å². The molecule has 5 nitrogen and oxygen atoms in total. The Labute approximate surface area is 178 Å². The highest BCUT2D eigenvalue weighted by atomic mass is 32.2. The van der Waals surface area contributed by atoms with Crippen molar-refractivity contribution in [3.05, 3.63) is 34.7 Å². The van der Waals surface area contributed by atoms with Crippen molar-refractivity contribution < 1.29 is 13.2 Å². The standard InChI is InChI=1S/C22H30N2O3S2/c1-3-4-5-9-19(25)15-22-23-21(16-28-22)18-10-12-20(13-11-18)29(26,27)24-14-7-6-8-17(24)2/h10-13,16-17H,3-9,14-15H2,1-2H3. The number of sulfonamides is 1. The van der Waals surface area contributed by atoms with Gasteiger partial charge in [-0.1, -0.05) is 38.3 Å². The van der Waals surface area contributed by atoms with Gasteiger partial charge in [-0.15, -0.1) is 11.3 Å². The van der Waals surface area contributed by atoms with Gasteiger partial charge in [-0.05, 0) is 38.3 Å². The van der Waals surface area contributed by atoms with E-state index in [1.54, 1.807) is 16.4 Å². The fourth-order valence-corrected chi connectivity index (χ4v) is 6.25. The molecule has 1 unspecified atom stereocenters. The molecule has 1 aliphatic rings. The van der Waals surface area contributed by atoms with Gasteiger partial charge in [0.1, 0.15) is 10.8 Å². The van der Waals surface area contributed by atoms with Crippen LogP contribution in [0.2, 0.25) is 0 Å². The maximum atomic E-state index is 13.0. The molecule has 2 heterocycles. The van der Waals surface area contributed by atoms with Crippen molar-refractivity contribution in [2.24, 2.45) is 0 Å². The maximum Gasteiger partial charge on any atom is 0.243 e. The molecule has 2 aromatic rings. The monoisotopic (exact) mass is 434 g/mol. The number of Topliss-reactive ketones (excluding diaryl/α,β-unsaturated/α-hetero) is 1. The molecular formula is C22H30N2O3S2. The van der Waals surface area contributed by atoms with E-state index in [4.69, 9.17) is 0 Å². The van der Waals surface area contributed by atoms with Crippen molar-refractivity contribution in [1.29, 1.82) is 0 Å². The molecule has 1 aromatic carbocycles. The molecule has 1 atom stereocenters. The molecule has 0 saturated carbocycles. The van der Waals surface area contributed by atoms with Crippen LogP contribution in [0.25, 0.3) is 11.3 Å². The minimum Gasteiger partial charge on any atom is -0.299 e. The normalized spacial score (nSPS) is 18.1. The minimum atomic E-state index is -3.46. The molecule has 0 N–H and O–H groups in total. The topological polar surface area (TPSA) is 67.3 Å². The van der Waals surface area contributed by atoms with Crippen molar-refractivity contribution >= 4 is 27.1 Å². The Morgan fingerprint density at radius 2 is 1.97 bits per heavy atom. The van der Waals surface area contributed by atoms with Crippen molar-refractivity contribution in [1.82, 2.24) is 9.29 Å². The number of carbonyl (C=O) groups excluding carboxylic acids is 1. The Morgan fingerprint density at radius 3 is 2.66 bits per heavy atom. The number of ketones is 1. The summed E-state index contributed by atoms with van der Waals surface area (Å²) in [5, 5.41) is 2.76. The average Bonchev–Trinajstić information content (AvgIpc) is 3.17. The number of benzene rings is 1. The first kappa shape index (κ1) is 22.1.